The molecular weight excluding hydrogens is 268 g/mol. The molecule has 0 aliphatic rings. The van der Waals surface area contributed by atoms with Gasteiger partial charge in [0.05, 0.1) is 0 Å². The van der Waals surface area contributed by atoms with Gasteiger partial charge in [0.15, 0.2) is 5.78 Å². The van der Waals surface area contributed by atoms with Crippen molar-refractivity contribution in [3.63, 3.8) is 0 Å². The number of allylic oxidation sites excluding steroid dienone is 2. The number of nitriles is 1. The molecule has 0 atom stereocenters. The lowest BCUT2D eigenvalue weighted by Gasteiger charge is -1.99. The van der Waals surface area contributed by atoms with Crippen LogP contribution in [0, 0.1) is 18.3 Å². The van der Waals surface area contributed by atoms with Crippen LogP contribution in [0.3, 0.4) is 0 Å². The van der Waals surface area contributed by atoms with Gasteiger partial charge in [-0.2, -0.15) is 10.1 Å². The number of nitrogens with two attached hydrogens (primary N) is 1. The number of carbonyl (C=O) groups excluding carboxylic acids is 1. The Balaban J connectivity index is 2.18. The highest BCUT2D eigenvalue weighted by Gasteiger charge is 2.14. The average molecular weight is 282 g/mol. The Morgan fingerprint density at radius 2 is 2.05 bits per heavy atom. The third-order valence-corrected chi connectivity index (χ3v) is 2.83. The molecule has 7 nitrogen and oxygen atoms in total. The molecule has 0 radical (unpaired) electrons. The molecule has 0 fully saturated rings. The minimum Gasteiger partial charge on any atom is -0.401 e. The molecule has 2 rings (SSSR count). The predicted octanol–water partition coefficient (Wildman–Crippen LogP) is 0.974. The first-order valence-corrected chi connectivity index (χ1v) is 6.25. The Hall–Kier alpha value is -3.01. The van der Waals surface area contributed by atoms with E-state index in [9.17, 15) is 4.79 Å². The summed E-state index contributed by atoms with van der Waals surface area (Å²) in [5.74, 6) is -0.0138. The van der Waals surface area contributed by atoms with Gasteiger partial charge in [-0.25, -0.2) is 0 Å². The second kappa shape index (κ2) is 5.96. The number of hydrogen-bond acceptors (Lipinski definition) is 6. The molecule has 0 spiro atoms. The highest BCUT2D eigenvalue weighted by molar-refractivity contribution is 5.99. The van der Waals surface area contributed by atoms with Crippen LogP contribution in [0.15, 0.2) is 35.5 Å². The lowest BCUT2D eigenvalue weighted by atomic mass is 10.1. The van der Waals surface area contributed by atoms with E-state index in [2.05, 4.69) is 15.4 Å². The minimum atomic E-state index is -0.439. The van der Waals surface area contributed by atoms with E-state index in [-0.39, 0.29) is 17.8 Å². The molecule has 106 valence electrons. The van der Waals surface area contributed by atoms with Crippen molar-refractivity contribution >= 4 is 5.78 Å². The molecule has 0 aliphatic heterocycles. The molecule has 2 N–H and O–H groups in total. The number of aromatic nitrogens is 4. The number of aryl methyl sites for hydroxylation is 1. The monoisotopic (exact) mass is 282 g/mol. The van der Waals surface area contributed by atoms with Crippen molar-refractivity contribution in [2.45, 2.75) is 20.4 Å². The van der Waals surface area contributed by atoms with Crippen LogP contribution in [0.1, 0.15) is 12.5 Å². The van der Waals surface area contributed by atoms with Gasteiger partial charge in [0.25, 0.3) is 0 Å². The van der Waals surface area contributed by atoms with Crippen molar-refractivity contribution in [1.29, 1.82) is 5.26 Å². The molecule has 2 aromatic rings. The summed E-state index contributed by atoms with van der Waals surface area (Å²) < 4.78 is 0. The zero-order valence-corrected chi connectivity index (χ0v) is 11.7. The Bertz CT molecular complexity index is 732. The fourth-order valence-electron chi connectivity index (χ4n) is 1.71. The molecule has 0 saturated heterocycles. The topological polar surface area (TPSA) is 110 Å². The van der Waals surface area contributed by atoms with Crippen LogP contribution >= 0.6 is 0 Å². The van der Waals surface area contributed by atoms with E-state index < -0.39 is 5.78 Å². The third-order valence-electron chi connectivity index (χ3n) is 2.83. The summed E-state index contributed by atoms with van der Waals surface area (Å²) in [6, 6.07) is 9.42. The molecule has 1 heterocycles. The number of ketones is 1. The van der Waals surface area contributed by atoms with E-state index >= 15 is 0 Å². The first kappa shape index (κ1) is 14.4. The van der Waals surface area contributed by atoms with Gasteiger partial charge in [-0.05, 0) is 19.1 Å². The van der Waals surface area contributed by atoms with Crippen molar-refractivity contribution in [1.82, 2.24) is 20.2 Å². The summed E-state index contributed by atoms with van der Waals surface area (Å²) >= 11 is 0. The minimum absolute atomic E-state index is 0.0795. The first-order chi connectivity index (χ1) is 10.0. The summed E-state index contributed by atoms with van der Waals surface area (Å²) in [6.07, 6.45) is 0. The average Bonchev–Trinajstić information content (AvgIpc) is 2.88. The zero-order chi connectivity index (χ0) is 15.4. The second-order valence-corrected chi connectivity index (χ2v) is 4.60. The van der Waals surface area contributed by atoms with Crippen LogP contribution in [-0.2, 0) is 11.3 Å². The Labute approximate surface area is 121 Å². The fraction of sp³-hybridized carbons (Fsp3) is 0.214. The van der Waals surface area contributed by atoms with E-state index in [1.165, 1.54) is 6.92 Å². The van der Waals surface area contributed by atoms with Gasteiger partial charge in [-0.1, -0.05) is 29.8 Å². The quantitative estimate of drug-likeness (QED) is 0.661. The second-order valence-electron chi connectivity index (χ2n) is 4.60. The van der Waals surface area contributed by atoms with Gasteiger partial charge in [0.2, 0.25) is 5.82 Å². The normalized spacial score (nSPS) is 11.7. The van der Waals surface area contributed by atoms with Crippen LogP contribution in [0.5, 0.6) is 0 Å². The summed E-state index contributed by atoms with van der Waals surface area (Å²) in [6.45, 7) is 3.32. The molecular formula is C14H14N6O. The maximum Gasteiger partial charge on any atom is 0.204 e. The highest BCUT2D eigenvalue weighted by Crippen LogP contribution is 2.14. The van der Waals surface area contributed by atoms with E-state index in [1.54, 1.807) is 6.07 Å². The van der Waals surface area contributed by atoms with Gasteiger partial charge >= 0.3 is 0 Å². The van der Waals surface area contributed by atoms with Crippen molar-refractivity contribution < 1.29 is 4.79 Å². The van der Waals surface area contributed by atoms with Crippen LogP contribution in [-0.4, -0.2) is 26.0 Å². The van der Waals surface area contributed by atoms with Crippen molar-refractivity contribution in [3.8, 4) is 17.5 Å². The number of Topliss-reactive ketones (excluding diaryl/α,β-unsaturated/α-hetero) is 1. The third kappa shape index (κ3) is 3.30. The number of tetrazole rings is 1. The van der Waals surface area contributed by atoms with Crippen LogP contribution < -0.4 is 5.73 Å². The first-order valence-electron chi connectivity index (χ1n) is 6.25. The summed E-state index contributed by atoms with van der Waals surface area (Å²) in [5, 5.41) is 20.7. The zero-order valence-electron chi connectivity index (χ0n) is 11.7. The molecule has 0 aliphatic carbocycles. The molecule has 0 unspecified atom stereocenters. The molecule has 0 bridgehead atoms. The lowest BCUT2D eigenvalue weighted by Crippen LogP contribution is -2.17. The molecule has 7 heteroatoms. The molecule has 21 heavy (non-hydrogen) atoms. The summed E-state index contributed by atoms with van der Waals surface area (Å²) in [7, 11) is 0. The number of benzene rings is 1. The maximum atomic E-state index is 11.9. The van der Waals surface area contributed by atoms with Crippen LogP contribution in [0.4, 0.5) is 0 Å². The predicted molar refractivity (Wildman–Crippen MR) is 75.5 cm³/mol. The van der Waals surface area contributed by atoms with E-state index in [0.29, 0.717) is 5.82 Å². The van der Waals surface area contributed by atoms with Crippen LogP contribution in [0.25, 0.3) is 11.4 Å². The van der Waals surface area contributed by atoms with Crippen molar-refractivity contribution in [3.05, 3.63) is 41.1 Å². The molecule has 0 amide bonds. The number of carbonyl (C=O) groups is 1. The standard InChI is InChI=1S/C14H14N6O/c1-9-3-5-11(6-4-9)14-17-19-20(18-14)8-13(21)12(7-15)10(2)16/h3-6H,8,16H2,1-2H3. The molecule has 0 saturated carbocycles. The SMILES string of the molecule is CC(N)=C(C#N)C(=O)Cn1nnc(-c2ccc(C)cc2)n1. The van der Waals surface area contributed by atoms with Crippen molar-refractivity contribution in [2.24, 2.45) is 5.73 Å². The van der Waals surface area contributed by atoms with Gasteiger partial charge in [0, 0.05) is 11.3 Å². The van der Waals surface area contributed by atoms with E-state index in [1.807, 2.05) is 31.2 Å². The Kier molecular flexibility index (Phi) is 4.09. The number of hydrogen-bond donors (Lipinski definition) is 1. The van der Waals surface area contributed by atoms with Gasteiger partial charge in [-0.3, -0.25) is 4.79 Å². The van der Waals surface area contributed by atoms with Crippen molar-refractivity contribution in [2.75, 3.05) is 0 Å². The van der Waals surface area contributed by atoms with Crippen LogP contribution in [0.2, 0.25) is 0 Å². The molecule has 1 aromatic carbocycles. The van der Waals surface area contributed by atoms with Gasteiger partial charge in [0.1, 0.15) is 18.2 Å². The Morgan fingerprint density at radius 3 is 2.62 bits per heavy atom. The van der Waals surface area contributed by atoms with Gasteiger partial charge < -0.3 is 5.73 Å². The molecule has 1 aromatic heterocycles. The summed E-state index contributed by atoms with van der Waals surface area (Å²) in [4.78, 5) is 13.0. The number of nitrogens with zero attached hydrogens (tertiary/aromatic N) is 5. The largest absolute Gasteiger partial charge is 0.401 e. The smallest absolute Gasteiger partial charge is 0.204 e. The summed E-state index contributed by atoms with van der Waals surface area (Å²) in [5.41, 5.74) is 7.52. The van der Waals surface area contributed by atoms with Gasteiger partial charge in [-0.15, -0.1) is 10.2 Å². The lowest BCUT2D eigenvalue weighted by molar-refractivity contribution is -0.116. The fourth-order valence-corrected chi connectivity index (χ4v) is 1.71. The maximum absolute atomic E-state index is 11.9. The number of rotatable bonds is 4. The van der Waals surface area contributed by atoms with E-state index in [0.717, 1.165) is 15.9 Å². The van der Waals surface area contributed by atoms with E-state index in [4.69, 9.17) is 11.0 Å². The Morgan fingerprint density at radius 1 is 1.38 bits per heavy atom. The highest BCUT2D eigenvalue weighted by atomic mass is 16.1.